The summed E-state index contributed by atoms with van der Waals surface area (Å²) in [5.41, 5.74) is 1.13. The average molecular weight is 378 g/mol. The number of carbonyl (C=O) groups excluding carboxylic acids is 1. The first kappa shape index (κ1) is 20.2. The third-order valence-electron chi connectivity index (χ3n) is 4.41. The molecule has 2 rings (SSSR count). The second-order valence-corrected chi connectivity index (χ2v) is 9.48. The van der Waals surface area contributed by atoms with Crippen LogP contribution in [0, 0.1) is 12.3 Å². The maximum absolute atomic E-state index is 13.2. The first-order valence-electron chi connectivity index (χ1n) is 8.60. The van der Waals surface area contributed by atoms with E-state index in [0.717, 1.165) is 9.87 Å². The molecule has 2 atom stereocenters. The highest BCUT2D eigenvalue weighted by Gasteiger charge is 2.53. The standard InChI is InChI=1S/C20H27NO4S/c1-7-8-9-15(3)17-18(20(4,5)6)25-19(22)21(17)26(23,24)16-12-10-14(2)11-13-16/h7-8,10-13,17-18H,3,9H2,1-2,4-6H3/b8-7+/t17-,18+/m0/s1. The Bertz CT molecular complexity index is 816. The third kappa shape index (κ3) is 3.85. The number of allylic oxidation sites excluding steroid dienone is 2. The summed E-state index contributed by atoms with van der Waals surface area (Å²) < 4.78 is 32.7. The fraction of sp³-hybridized carbons (Fsp3) is 0.450. The molecule has 0 aromatic heterocycles. The summed E-state index contributed by atoms with van der Waals surface area (Å²) in [5.74, 6) is 0. The van der Waals surface area contributed by atoms with Gasteiger partial charge >= 0.3 is 6.09 Å². The van der Waals surface area contributed by atoms with Crippen molar-refractivity contribution in [1.82, 2.24) is 4.31 Å². The van der Waals surface area contributed by atoms with E-state index < -0.39 is 33.7 Å². The highest BCUT2D eigenvalue weighted by atomic mass is 32.2. The molecule has 1 fully saturated rings. The number of nitrogens with zero attached hydrogens (tertiary/aromatic N) is 1. The molecule has 26 heavy (non-hydrogen) atoms. The zero-order chi connectivity index (χ0) is 19.7. The quantitative estimate of drug-likeness (QED) is 0.712. The number of aryl methyl sites for hydroxylation is 1. The van der Waals surface area contributed by atoms with Gasteiger partial charge in [-0.15, -0.1) is 0 Å². The van der Waals surface area contributed by atoms with Gasteiger partial charge in [-0.05, 0) is 38.0 Å². The molecule has 0 unspecified atom stereocenters. The van der Waals surface area contributed by atoms with Crippen molar-refractivity contribution in [3.05, 3.63) is 54.1 Å². The largest absolute Gasteiger partial charge is 0.442 e. The van der Waals surface area contributed by atoms with Gasteiger partial charge in [0.25, 0.3) is 10.0 Å². The van der Waals surface area contributed by atoms with Crippen LogP contribution in [-0.2, 0) is 14.8 Å². The highest BCUT2D eigenvalue weighted by Crippen LogP contribution is 2.39. The first-order valence-corrected chi connectivity index (χ1v) is 10.0. The van der Waals surface area contributed by atoms with Gasteiger partial charge in [0.1, 0.15) is 12.1 Å². The van der Waals surface area contributed by atoms with Gasteiger partial charge in [-0.3, -0.25) is 0 Å². The Balaban J connectivity index is 2.53. The molecule has 1 aromatic rings. The van der Waals surface area contributed by atoms with Crippen LogP contribution >= 0.6 is 0 Å². The molecule has 0 aliphatic carbocycles. The summed E-state index contributed by atoms with van der Waals surface area (Å²) in [7, 11) is -4.04. The van der Waals surface area contributed by atoms with Crippen LogP contribution in [0.4, 0.5) is 4.79 Å². The molecular weight excluding hydrogens is 350 g/mol. The molecular formula is C20H27NO4S. The summed E-state index contributed by atoms with van der Waals surface area (Å²) >= 11 is 0. The second-order valence-electron chi connectivity index (χ2n) is 7.66. The van der Waals surface area contributed by atoms with Gasteiger partial charge in [0.2, 0.25) is 0 Å². The summed E-state index contributed by atoms with van der Waals surface area (Å²) in [6.07, 6.45) is 2.78. The van der Waals surface area contributed by atoms with E-state index in [1.807, 2.05) is 46.8 Å². The Hall–Kier alpha value is -2.08. The van der Waals surface area contributed by atoms with Crippen molar-refractivity contribution in [1.29, 1.82) is 0 Å². The molecule has 0 N–H and O–H groups in total. The van der Waals surface area contributed by atoms with E-state index >= 15 is 0 Å². The van der Waals surface area contributed by atoms with Gasteiger partial charge in [0.15, 0.2) is 0 Å². The first-order chi connectivity index (χ1) is 12.0. The topological polar surface area (TPSA) is 63.7 Å². The van der Waals surface area contributed by atoms with E-state index in [1.165, 1.54) is 12.1 Å². The number of carbonyl (C=O) groups is 1. The smallest absolute Gasteiger partial charge is 0.424 e. The minimum absolute atomic E-state index is 0.0680. The van der Waals surface area contributed by atoms with Crippen molar-refractivity contribution in [2.75, 3.05) is 0 Å². The Labute approximate surface area is 156 Å². The van der Waals surface area contributed by atoms with E-state index in [-0.39, 0.29) is 4.90 Å². The van der Waals surface area contributed by atoms with Gasteiger partial charge < -0.3 is 4.74 Å². The molecule has 0 spiro atoms. The summed E-state index contributed by atoms with van der Waals surface area (Å²) in [6, 6.07) is 5.69. The molecule has 1 aromatic carbocycles. The minimum atomic E-state index is -4.04. The number of cyclic esters (lactones) is 1. The summed E-state index contributed by atoms with van der Waals surface area (Å²) in [5, 5.41) is 0. The Morgan fingerprint density at radius 1 is 1.27 bits per heavy atom. The van der Waals surface area contributed by atoms with Gasteiger partial charge in [-0.1, -0.05) is 57.2 Å². The number of rotatable bonds is 5. The van der Waals surface area contributed by atoms with Gasteiger partial charge in [0, 0.05) is 5.41 Å². The van der Waals surface area contributed by atoms with Crippen molar-refractivity contribution >= 4 is 16.1 Å². The number of hydrogen-bond donors (Lipinski definition) is 0. The lowest BCUT2D eigenvalue weighted by Crippen LogP contribution is -2.45. The van der Waals surface area contributed by atoms with Crippen molar-refractivity contribution in [3.63, 3.8) is 0 Å². The lowest BCUT2D eigenvalue weighted by molar-refractivity contribution is 0.0612. The maximum atomic E-state index is 13.2. The van der Waals surface area contributed by atoms with Gasteiger partial charge in [-0.25, -0.2) is 13.2 Å². The molecule has 5 nitrogen and oxygen atoms in total. The van der Waals surface area contributed by atoms with Crippen molar-refractivity contribution in [2.45, 2.75) is 58.1 Å². The van der Waals surface area contributed by atoms with Crippen molar-refractivity contribution < 1.29 is 17.9 Å². The molecule has 1 heterocycles. The molecule has 1 aliphatic rings. The maximum Gasteiger partial charge on any atom is 0.424 e. The fourth-order valence-corrected chi connectivity index (χ4v) is 4.46. The number of amides is 1. The van der Waals surface area contributed by atoms with Crippen LogP contribution in [0.5, 0.6) is 0 Å². The molecule has 0 saturated carbocycles. The number of sulfonamides is 1. The van der Waals surface area contributed by atoms with E-state index in [9.17, 15) is 13.2 Å². The Kier molecular flexibility index (Phi) is 5.66. The van der Waals surface area contributed by atoms with E-state index in [4.69, 9.17) is 4.74 Å². The number of ether oxygens (including phenoxy) is 1. The highest BCUT2D eigenvalue weighted by molar-refractivity contribution is 7.89. The van der Waals surface area contributed by atoms with Crippen molar-refractivity contribution in [3.8, 4) is 0 Å². The van der Waals surface area contributed by atoms with Crippen molar-refractivity contribution in [2.24, 2.45) is 5.41 Å². The number of hydrogen-bond acceptors (Lipinski definition) is 4. The molecule has 0 radical (unpaired) electrons. The third-order valence-corrected chi connectivity index (χ3v) is 6.17. The van der Waals surface area contributed by atoms with Crippen LogP contribution in [0.15, 0.2) is 53.5 Å². The van der Waals surface area contributed by atoms with E-state index in [1.54, 1.807) is 12.1 Å². The van der Waals surface area contributed by atoms with E-state index in [0.29, 0.717) is 12.0 Å². The monoisotopic (exact) mass is 377 g/mol. The molecule has 1 saturated heterocycles. The predicted octanol–water partition coefficient (Wildman–Crippen LogP) is 4.44. The van der Waals surface area contributed by atoms with Crippen LogP contribution in [0.2, 0.25) is 0 Å². The summed E-state index contributed by atoms with van der Waals surface area (Å²) in [6.45, 7) is 13.6. The van der Waals surface area contributed by atoms with Crippen LogP contribution in [0.1, 0.15) is 39.7 Å². The molecule has 0 bridgehead atoms. The average Bonchev–Trinajstić information content (AvgIpc) is 2.91. The lowest BCUT2D eigenvalue weighted by Gasteiger charge is -2.32. The van der Waals surface area contributed by atoms with Crippen LogP contribution in [0.3, 0.4) is 0 Å². The lowest BCUT2D eigenvalue weighted by atomic mass is 9.82. The molecule has 6 heteroatoms. The SMILES string of the molecule is C=C(C/C=C/C)[C@H]1[C@H](C(C)(C)C)OC(=O)N1S(=O)(=O)c1ccc(C)cc1. The number of benzene rings is 1. The van der Waals surface area contributed by atoms with Crippen LogP contribution < -0.4 is 0 Å². The molecule has 1 aliphatic heterocycles. The normalized spacial score (nSPS) is 21.3. The van der Waals surface area contributed by atoms with Crippen LogP contribution in [0.25, 0.3) is 0 Å². The van der Waals surface area contributed by atoms with Crippen LogP contribution in [-0.4, -0.2) is 31.0 Å². The van der Waals surface area contributed by atoms with E-state index in [2.05, 4.69) is 6.58 Å². The zero-order valence-corrected chi connectivity index (χ0v) is 16.8. The zero-order valence-electron chi connectivity index (χ0n) is 16.0. The summed E-state index contributed by atoms with van der Waals surface area (Å²) in [4.78, 5) is 12.6. The molecule has 1 amide bonds. The second kappa shape index (κ2) is 7.27. The minimum Gasteiger partial charge on any atom is -0.442 e. The fourth-order valence-electron chi connectivity index (χ4n) is 2.95. The van der Waals surface area contributed by atoms with Gasteiger partial charge in [0.05, 0.1) is 4.90 Å². The Morgan fingerprint density at radius 3 is 2.35 bits per heavy atom. The predicted molar refractivity (Wildman–Crippen MR) is 102 cm³/mol. The van der Waals surface area contributed by atoms with Gasteiger partial charge in [-0.2, -0.15) is 4.31 Å². The Morgan fingerprint density at radius 2 is 1.85 bits per heavy atom. The molecule has 142 valence electrons.